The van der Waals surface area contributed by atoms with Crippen molar-refractivity contribution in [3.63, 3.8) is 0 Å². The van der Waals surface area contributed by atoms with Crippen LogP contribution in [0.5, 0.6) is 11.5 Å². The molecule has 2 heteroatoms. The number of benzene rings is 4. The molecule has 0 spiro atoms. The largest absolute Gasteiger partial charge is 0.508 e. The standard InChI is InChI=1S/C25H20O2/c1-17-16-23(12-15-25(17)27)22-8-6-19(7-9-22)18-2-4-20(5-3-18)21-10-13-24(26)14-11-21/h2-16,26-27H,1H3. The molecule has 27 heavy (non-hydrogen) atoms. The third-order valence-corrected chi connectivity index (χ3v) is 4.83. The average molecular weight is 352 g/mol. The normalized spacial score (nSPS) is 10.7. The van der Waals surface area contributed by atoms with Crippen LogP contribution in [0.3, 0.4) is 0 Å². The summed E-state index contributed by atoms with van der Waals surface area (Å²) in [6.45, 7) is 1.91. The fourth-order valence-electron chi connectivity index (χ4n) is 3.20. The number of phenolic OH excluding ortho intramolecular Hbond substituents is 2. The number of aryl methyl sites for hydroxylation is 1. The molecule has 4 aromatic carbocycles. The van der Waals surface area contributed by atoms with Gasteiger partial charge in [-0.2, -0.15) is 0 Å². The Balaban J connectivity index is 1.58. The summed E-state index contributed by atoms with van der Waals surface area (Å²) >= 11 is 0. The van der Waals surface area contributed by atoms with E-state index in [2.05, 4.69) is 48.5 Å². The van der Waals surface area contributed by atoms with Crippen LogP contribution in [0.1, 0.15) is 5.56 Å². The Kier molecular flexibility index (Phi) is 4.39. The zero-order valence-electron chi connectivity index (χ0n) is 15.1. The highest BCUT2D eigenvalue weighted by Gasteiger charge is 2.04. The summed E-state index contributed by atoms with van der Waals surface area (Å²) < 4.78 is 0. The molecule has 4 rings (SSSR count). The minimum Gasteiger partial charge on any atom is -0.508 e. The first-order valence-corrected chi connectivity index (χ1v) is 8.90. The van der Waals surface area contributed by atoms with E-state index in [0.29, 0.717) is 5.75 Å². The molecule has 0 aliphatic rings. The van der Waals surface area contributed by atoms with E-state index in [1.165, 1.54) is 0 Å². The Morgan fingerprint density at radius 2 is 0.778 bits per heavy atom. The minimum atomic E-state index is 0.277. The van der Waals surface area contributed by atoms with Crippen LogP contribution in [0.15, 0.2) is 91.0 Å². The third kappa shape index (κ3) is 3.56. The van der Waals surface area contributed by atoms with Crippen molar-refractivity contribution in [2.45, 2.75) is 6.92 Å². The van der Waals surface area contributed by atoms with Crippen LogP contribution in [-0.2, 0) is 0 Å². The van der Waals surface area contributed by atoms with Crippen LogP contribution < -0.4 is 0 Å². The summed E-state index contributed by atoms with van der Waals surface area (Å²) in [5.74, 6) is 0.600. The lowest BCUT2D eigenvalue weighted by atomic mass is 9.97. The van der Waals surface area contributed by atoms with Gasteiger partial charge in [0.25, 0.3) is 0 Å². The number of hydrogen-bond donors (Lipinski definition) is 2. The Bertz CT molecular complexity index is 1060. The quantitative estimate of drug-likeness (QED) is 0.447. The average Bonchev–Trinajstić information content (AvgIpc) is 2.71. The van der Waals surface area contributed by atoms with Gasteiger partial charge in [0.05, 0.1) is 0 Å². The molecule has 0 fully saturated rings. The molecule has 0 unspecified atom stereocenters. The number of phenols is 2. The van der Waals surface area contributed by atoms with E-state index < -0.39 is 0 Å². The van der Waals surface area contributed by atoms with Gasteiger partial charge in [-0.3, -0.25) is 0 Å². The van der Waals surface area contributed by atoms with Crippen LogP contribution in [0, 0.1) is 6.92 Å². The summed E-state index contributed by atoms with van der Waals surface area (Å²) in [4.78, 5) is 0. The van der Waals surface area contributed by atoms with Gasteiger partial charge >= 0.3 is 0 Å². The highest BCUT2D eigenvalue weighted by Crippen LogP contribution is 2.29. The van der Waals surface area contributed by atoms with Gasteiger partial charge in [-0.15, -0.1) is 0 Å². The van der Waals surface area contributed by atoms with Crippen molar-refractivity contribution in [1.29, 1.82) is 0 Å². The Morgan fingerprint density at radius 1 is 0.444 bits per heavy atom. The molecule has 0 saturated heterocycles. The molecular weight excluding hydrogens is 332 g/mol. The van der Waals surface area contributed by atoms with Crippen molar-refractivity contribution >= 4 is 0 Å². The smallest absolute Gasteiger partial charge is 0.118 e. The second-order valence-corrected chi connectivity index (χ2v) is 6.70. The van der Waals surface area contributed by atoms with E-state index in [4.69, 9.17) is 0 Å². The Morgan fingerprint density at radius 3 is 1.19 bits per heavy atom. The Labute approximate surface area is 159 Å². The molecule has 0 bridgehead atoms. The van der Waals surface area contributed by atoms with Crippen LogP contribution in [-0.4, -0.2) is 10.2 Å². The zero-order valence-corrected chi connectivity index (χ0v) is 15.1. The first-order chi connectivity index (χ1) is 13.1. The maximum Gasteiger partial charge on any atom is 0.118 e. The molecule has 0 aromatic heterocycles. The van der Waals surface area contributed by atoms with Crippen molar-refractivity contribution in [3.8, 4) is 44.9 Å². The topological polar surface area (TPSA) is 40.5 Å². The van der Waals surface area contributed by atoms with E-state index in [0.717, 1.165) is 38.9 Å². The Hall–Kier alpha value is -3.52. The molecule has 0 saturated carbocycles. The monoisotopic (exact) mass is 352 g/mol. The molecular formula is C25H20O2. The highest BCUT2D eigenvalue weighted by atomic mass is 16.3. The van der Waals surface area contributed by atoms with Gasteiger partial charge in [-0.05, 0) is 70.1 Å². The maximum atomic E-state index is 9.69. The van der Waals surface area contributed by atoms with Crippen molar-refractivity contribution in [2.24, 2.45) is 0 Å². The highest BCUT2D eigenvalue weighted by molar-refractivity contribution is 5.73. The van der Waals surface area contributed by atoms with Crippen molar-refractivity contribution in [1.82, 2.24) is 0 Å². The first-order valence-electron chi connectivity index (χ1n) is 8.90. The van der Waals surface area contributed by atoms with Gasteiger partial charge in [-0.1, -0.05) is 66.7 Å². The summed E-state index contributed by atoms with van der Waals surface area (Å²) in [5, 5.41) is 19.1. The predicted octanol–water partition coefficient (Wildman–Crippen LogP) is 6.41. The second-order valence-electron chi connectivity index (χ2n) is 6.70. The third-order valence-electron chi connectivity index (χ3n) is 4.83. The lowest BCUT2D eigenvalue weighted by Crippen LogP contribution is -1.83. The zero-order chi connectivity index (χ0) is 18.8. The molecule has 0 amide bonds. The van der Waals surface area contributed by atoms with Gasteiger partial charge in [-0.25, -0.2) is 0 Å². The van der Waals surface area contributed by atoms with E-state index in [-0.39, 0.29) is 5.75 Å². The number of rotatable bonds is 3. The molecule has 0 aliphatic carbocycles. The fourth-order valence-corrected chi connectivity index (χ4v) is 3.20. The number of hydrogen-bond acceptors (Lipinski definition) is 2. The molecule has 132 valence electrons. The number of aromatic hydroxyl groups is 2. The summed E-state index contributed by atoms with van der Waals surface area (Å²) in [7, 11) is 0. The molecule has 0 radical (unpaired) electrons. The molecule has 2 nitrogen and oxygen atoms in total. The maximum absolute atomic E-state index is 9.69. The first kappa shape index (κ1) is 16.9. The lowest BCUT2D eigenvalue weighted by Gasteiger charge is -2.08. The molecule has 2 N–H and O–H groups in total. The van der Waals surface area contributed by atoms with Gasteiger partial charge in [0.15, 0.2) is 0 Å². The van der Waals surface area contributed by atoms with Gasteiger partial charge in [0.2, 0.25) is 0 Å². The van der Waals surface area contributed by atoms with Gasteiger partial charge < -0.3 is 10.2 Å². The minimum absolute atomic E-state index is 0.277. The summed E-state index contributed by atoms with van der Waals surface area (Å²) in [6.07, 6.45) is 0. The van der Waals surface area contributed by atoms with Crippen LogP contribution in [0.2, 0.25) is 0 Å². The molecule has 0 aliphatic heterocycles. The van der Waals surface area contributed by atoms with Crippen molar-refractivity contribution in [2.75, 3.05) is 0 Å². The summed E-state index contributed by atoms with van der Waals surface area (Å²) in [5.41, 5.74) is 7.62. The van der Waals surface area contributed by atoms with Crippen LogP contribution >= 0.6 is 0 Å². The lowest BCUT2D eigenvalue weighted by molar-refractivity contribution is 0.471. The predicted molar refractivity (Wildman–Crippen MR) is 111 cm³/mol. The van der Waals surface area contributed by atoms with Crippen LogP contribution in [0.4, 0.5) is 0 Å². The SMILES string of the molecule is Cc1cc(-c2ccc(-c3ccc(-c4ccc(O)cc4)cc3)cc2)ccc1O. The van der Waals surface area contributed by atoms with E-state index in [1.54, 1.807) is 18.2 Å². The second kappa shape index (κ2) is 7.00. The fraction of sp³-hybridized carbons (Fsp3) is 0.0400. The van der Waals surface area contributed by atoms with E-state index >= 15 is 0 Å². The van der Waals surface area contributed by atoms with Gasteiger partial charge in [0.1, 0.15) is 11.5 Å². The van der Waals surface area contributed by atoms with Crippen LogP contribution in [0.25, 0.3) is 33.4 Å². The molecule has 0 heterocycles. The van der Waals surface area contributed by atoms with Crippen molar-refractivity contribution < 1.29 is 10.2 Å². The summed E-state index contributed by atoms with van der Waals surface area (Å²) in [6, 6.07) is 29.8. The molecule has 4 aromatic rings. The molecule has 0 atom stereocenters. The van der Waals surface area contributed by atoms with E-state index in [1.807, 2.05) is 31.2 Å². The van der Waals surface area contributed by atoms with E-state index in [9.17, 15) is 10.2 Å². The van der Waals surface area contributed by atoms with Crippen molar-refractivity contribution in [3.05, 3.63) is 96.6 Å². The van der Waals surface area contributed by atoms with Gasteiger partial charge in [0, 0.05) is 0 Å².